The molecular formula is C31H37ClN2O5. The topological polar surface area (TPSA) is 79.3 Å². The monoisotopic (exact) mass is 552 g/mol. The molecular weight excluding hydrogens is 516 g/mol. The normalized spacial score (nSPS) is 32.3. The Labute approximate surface area is 235 Å². The molecule has 2 bridgehead atoms. The number of amides is 1. The zero-order valence-corrected chi connectivity index (χ0v) is 23.5. The third kappa shape index (κ3) is 5.03. The van der Waals surface area contributed by atoms with Crippen LogP contribution in [-0.2, 0) is 30.9 Å². The molecule has 39 heavy (non-hydrogen) atoms. The number of aliphatic hydroxyl groups is 1. The molecule has 1 aromatic carbocycles. The summed E-state index contributed by atoms with van der Waals surface area (Å²) in [5.74, 6) is -2.28. The zero-order chi connectivity index (χ0) is 27.6. The minimum absolute atomic E-state index is 0.307. The number of nitrogens with zero attached hydrogens (tertiary/aromatic N) is 2. The van der Waals surface area contributed by atoms with Crippen molar-refractivity contribution in [2.75, 3.05) is 40.4 Å². The Morgan fingerprint density at radius 1 is 1.21 bits per heavy atom. The summed E-state index contributed by atoms with van der Waals surface area (Å²) in [4.78, 5) is 31.1. The van der Waals surface area contributed by atoms with E-state index in [0.717, 1.165) is 32.1 Å². The molecule has 1 amide bonds. The maximum Gasteiger partial charge on any atom is 0.343 e. The van der Waals surface area contributed by atoms with Crippen molar-refractivity contribution in [3.05, 3.63) is 82.3 Å². The highest BCUT2D eigenvalue weighted by atomic mass is 35.5. The van der Waals surface area contributed by atoms with Crippen molar-refractivity contribution < 1.29 is 24.2 Å². The van der Waals surface area contributed by atoms with Crippen molar-refractivity contribution in [1.29, 1.82) is 0 Å². The van der Waals surface area contributed by atoms with Crippen LogP contribution in [-0.4, -0.2) is 72.8 Å². The zero-order valence-electron chi connectivity index (χ0n) is 22.7. The van der Waals surface area contributed by atoms with Gasteiger partial charge in [0.15, 0.2) is 0 Å². The lowest BCUT2D eigenvalue weighted by Gasteiger charge is -2.45. The molecule has 1 aromatic rings. The Balaban J connectivity index is 1.68. The molecule has 0 saturated carbocycles. The summed E-state index contributed by atoms with van der Waals surface area (Å²) in [6.45, 7) is 2.18. The Hall–Kier alpha value is -3.03. The molecule has 2 heterocycles. The summed E-state index contributed by atoms with van der Waals surface area (Å²) >= 11 is 6.38. The summed E-state index contributed by atoms with van der Waals surface area (Å²) in [6, 6.07) is 6.09. The first-order chi connectivity index (χ1) is 18.8. The molecule has 1 unspecified atom stereocenters. The van der Waals surface area contributed by atoms with Gasteiger partial charge in [0, 0.05) is 42.8 Å². The SMILES string of the molecule is COC(=O)[C@@]1(O)/C2=C/C=C\OC[C@]3(CCCc4cc(Cl)ccc43)CN3CCC/C=C\CCN(C)C(=O)C1C3=C2. The number of carbonyl (C=O) groups is 2. The molecule has 1 N–H and O–H groups in total. The standard InChI is InChI=1S/C31H37ClN2O5/c1-33-15-6-4-3-5-7-16-34-20-30(14-8-10-22-18-24(32)12-13-25(22)30)21-39-17-9-11-23-19-26(34)27(28(33)35)31(23,37)29(36)38-2/h3-4,9,11-13,17-19,27,37H,5-8,10,14-16,20-21H2,1-2H3/b4-3-,17-9-,23-11+/t27?,30-,31+/m0/s1. The number of ether oxygens (including phenoxy) is 2. The highest BCUT2D eigenvalue weighted by molar-refractivity contribution is 6.30. The van der Waals surface area contributed by atoms with Crippen LogP contribution in [0.15, 0.2) is 66.1 Å². The van der Waals surface area contributed by atoms with E-state index < -0.39 is 17.5 Å². The van der Waals surface area contributed by atoms with Gasteiger partial charge in [-0.1, -0.05) is 35.9 Å². The van der Waals surface area contributed by atoms with Gasteiger partial charge >= 0.3 is 5.97 Å². The molecule has 7 nitrogen and oxygen atoms in total. The third-order valence-electron chi connectivity index (χ3n) is 8.58. The number of hydrogen-bond donors (Lipinski definition) is 1. The summed E-state index contributed by atoms with van der Waals surface area (Å²) < 4.78 is 11.2. The lowest BCUT2D eigenvalue weighted by Crippen LogP contribution is -2.55. The molecule has 0 saturated heterocycles. The molecule has 0 aromatic heterocycles. The second-order valence-corrected chi connectivity index (χ2v) is 11.5. The number of halogens is 1. The van der Waals surface area contributed by atoms with Crippen molar-refractivity contribution in [2.45, 2.75) is 49.5 Å². The lowest BCUT2D eigenvalue weighted by atomic mass is 9.69. The number of fused-ring (bicyclic) bond motifs is 3. The molecule has 4 aliphatic rings. The largest absolute Gasteiger partial charge is 0.500 e. The van der Waals surface area contributed by atoms with Gasteiger partial charge in [0.05, 0.1) is 20.0 Å². The molecule has 208 valence electrons. The van der Waals surface area contributed by atoms with E-state index in [1.54, 1.807) is 30.4 Å². The quantitative estimate of drug-likeness (QED) is 0.413. The molecule has 5 rings (SSSR count). The number of hydrogen-bond acceptors (Lipinski definition) is 6. The highest BCUT2D eigenvalue weighted by Gasteiger charge is 2.58. The van der Waals surface area contributed by atoms with Crippen LogP contribution in [0.2, 0.25) is 5.02 Å². The van der Waals surface area contributed by atoms with Crippen molar-refractivity contribution in [1.82, 2.24) is 9.80 Å². The van der Waals surface area contributed by atoms with E-state index in [2.05, 4.69) is 23.1 Å². The maximum absolute atomic E-state index is 14.0. The van der Waals surface area contributed by atoms with E-state index in [-0.39, 0.29) is 11.3 Å². The fourth-order valence-electron chi connectivity index (χ4n) is 6.58. The Kier molecular flexibility index (Phi) is 7.92. The predicted octanol–water partition coefficient (Wildman–Crippen LogP) is 4.30. The van der Waals surface area contributed by atoms with E-state index in [9.17, 15) is 14.7 Å². The first kappa shape index (κ1) is 27.5. The molecule has 3 atom stereocenters. The van der Waals surface area contributed by atoms with Crippen LogP contribution in [0.5, 0.6) is 0 Å². The van der Waals surface area contributed by atoms with Crippen LogP contribution < -0.4 is 0 Å². The number of rotatable bonds is 1. The minimum atomic E-state index is -2.15. The summed E-state index contributed by atoms with van der Waals surface area (Å²) in [7, 11) is 2.96. The average molecular weight is 553 g/mol. The van der Waals surface area contributed by atoms with Gasteiger partial charge in [-0.2, -0.15) is 0 Å². The van der Waals surface area contributed by atoms with Gasteiger partial charge in [-0.05, 0) is 79.5 Å². The second kappa shape index (κ2) is 11.2. The van der Waals surface area contributed by atoms with E-state index in [0.29, 0.717) is 49.0 Å². The Bertz CT molecular complexity index is 1250. The maximum atomic E-state index is 14.0. The molecule has 2 aliphatic carbocycles. The van der Waals surface area contributed by atoms with Crippen LogP contribution in [0.3, 0.4) is 0 Å². The minimum Gasteiger partial charge on any atom is -0.500 e. The number of aryl methyl sites for hydroxylation is 1. The van der Waals surface area contributed by atoms with Crippen molar-refractivity contribution in [3.63, 3.8) is 0 Å². The first-order valence-electron chi connectivity index (χ1n) is 13.8. The Morgan fingerprint density at radius 2 is 2.03 bits per heavy atom. The fraction of sp³-hybridized carbons (Fsp3) is 0.484. The molecule has 0 fully saturated rings. The van der Waals surface area contributed by atoms with E-state index >= 15 is 0 Å². The van der Waals surface area contributed by atoms with Crippen molar-refractivity contribution in [2.24, 2.45) is 5.92 Å². The summed E-state index contributed by atoms with van der Waals surface area (Å²) in [6.07, 6.45) is 16.3. The lowest BCUT2D eigenvalue weighted by molar-refractivity contribution is -0.166. The number of methoxy groups -OCH3 is 1. The molecule has 8 heteroatoms. The Morgan fingerprint density at radius 3 is 2.85 bits per heavy atom. The predicted molar refractivity (Wildman–Crippen MR) is 150 cm³/mol. The van der Waals surface area contributed by atoms with Gasteiger partial charge in [0.1, 0.15) is 5.92 Å². The van der Waals surface area contributed by atoms with E-state index in [4.69, 9.17) is 21.1 Å². The summed E-state index contributed by atoms with van der Waals surface area (Å²) in [5.41, 5.74) is 0.860. The first-order valence-corrected chi connectivity index (χ1v) is 14.1. The van der Waals surface area contributed by atoms with Crippen LogP contribution in [0.25, 0.3) is 0 Å². The fourth-order valence-corrected chi connectivity index (χ4v) is 6.78. The van der Waals surface area contributed by atoms with Gasteiger partial charge in [0.2, 0.25) is 11.5 Å². The van der Waals surface area contributed by atoms with Gasteiger partial charge in [-0.15, -0.1) is 0 Å². The highest BCUT2D eigenvalue weighted by Crippen LogP contribution is 2.46. The number of carbonyl (C=O) groups excluding carboxylic acids is 2. The van der Waals surface area contributed by atoms with E-state index in [1.165, 1.54) is 18.2 Å². The van der Waals surface area contributed by atoms with Crippen molar-refractivity contribution >= 4 is 23.5 Å². The van der Waals surface area contributed by atoms with E-state index in [1.807, 2.05) is 18.2 Å². The van der Waals surface area contributed by atoms with Gasteiger partial charge in [-0.25, -0.2) is 4.79 Å². The van der Waals surface area contributed by atoms with Gasteiger partial charge in [0.25, 0.3) is 0 Å². The molecule has 0 radical (unpaired) electrons. The van der Waals surface area contributed by atoms with Gasteiger partial charge < -0.3 is 24.4 Å². The van der Waals surface area contributed by atoms with Crippen LogP contribution in [0.4, 0.5) is 0 Å². The van der Waals surface area contributed by atoms with Crippen LogP contribution >= 0.6 is 11.6 Å². The second-order valence-electron chi connectivity index (χ2n) is 11.0. The van der Waals surface area contributed by atoms with Crippen molar-refractivity contribution in [3.8, 4) is 0 Å². The molecule has 2 aliphatic heterocycles. The number of esters is 1. The third-order valence-corrected chi connectivity index (χ3v) is 8.82. The smallest absolute Gasteiger partial charge is 0.343 e. The number of allylic oxidation sites excluding steroid dienone is 3. The average Bonchev–Trinajstić information content (AvgIpc) is 3.20. The summed E-state index contributed by atoms with van der Waals surface area (Å²) in [5, 5.41) is 12.8. The molecule has 1 spiro atoms. The van der Waals surface area contributed by atoms with Gasteiger partial charge in [-0.3, -0.25) is 4.79 Å². The van der Waals surface area contributed by atoms with Crippen LogP contribution in [0.1, 0.15) is 43.2 Å². The van der Waals surface area contributed by atoms with Crippen LogP contribution in [0, 0.1) is 5.92 Å². The number of benzene rings is 1.